The lowest BCUT2D eigenvalue weighted by Gasteiger charge is -2.31. The highest BCUT2D eigenvalue weighted by Gasteiger charge is 2.27. The Morgan fingerprint density at radius 1 is 0.460 bits per heavy atom. The summed E-state index contributed by atoms with van der Waals surface area (Å²) in [5.41, 5.74) is 0. The summed E-state index contributed by atoms with van der Waals surface area (Å²) in [6.07, 6.45) is 27.2. The molecule has 0 radical (unpaired) electrons. The first-order valence-electron chi connectivity index (χ1n) is 21.7. The van der Waals surface area contributed by atoms with Crippen LogP contribution in [0.1, 0.15) is 203 Å². The average Bonchev–Trinajstić information content (AvgIpc) is 3.12. The Hall–Kier alpha value is -1.63. The van der Waals surface area contributed by atoms with E-state index in [1.54, 1.807) is 4.90 Å². The van der Waals surface area contributed by atoms with E-state index in [0.717, 1.165) is 77.3 Å². The van der Waals surface area contributed by atoms with E-state index in [1.165, 1.54) is 89.9 Å². The Morgan fingerprint density at radius 3 is 1.08 bits per heavy atom. The molecule has 0 aliphatic rings. The second-order valence-electron chi connectivity index (χ2n) is 14.8. The van der Waals surface area contributed by atoms with Crippen molar-refractivity contribution in [2.24, 2.45) is 11.8 Å². The van der Waals surface area contributed by atoms with Gasteiger partial charge in [0.15, 0.2) is 0 Å². The van der Waals surface area contributed by atoms with E-state index >= 15 is 0 Å². The highest BCUT2D eigenvalue weighted by Crippen LogP contribution is 2.22. The second-order valence-corrected chi connectivity index (χ2v) is 14.8. The van der Waals surface area contributed by atoms with Crippen LogP contribution in [0.2, 0.25) is 0 Å². The van der Waals surface area contributed by atoms with Crippen LogP contribution in [0.3, 0.4) is 0 Å². The maximum absolute atomic E-state index is 13.7. The van der Waals surface area contributed by atoms with Crippen molar-refractivity contribution in [2.75, 3.05) is 39.4 Å². The second kappa shape index (κ2) is 34.5. The molecule has 0 aromatic rings. The quantitative estimate of drug-likeness (QED) is 0.0476. The van der Waals surface area contributed by atoms with Gasteiger partial charge in [0.2, 0.25) is 5.91 Å². The molecule has 3 atom stereocenters. The Balaban J connectivity index is 5.35. The number of carbonyl (C=O) groups is 3. The van der Waals surface area contributed by atoms with E-state index in [0.29, 0.717) is 13.1 Å². The van der Waals surface area contributed by atoms with Gasteiger partial charge in [-0.1, -0.05) is 170 Å². The Morgan fingerprint density at radius 2 is 0.760 bits per heavy atom. The van der Waals surface area contributed by atoms with Gasteiger partial charge in [-0.15, -0.1) is 0 Å². The molecule has 0 fully saturated rings. The largest absolute Gasteiger partial charge is 0.464 e. The van der Waals surface area contributed by atoms with Crippen molar-refractivity contribution in [3.05, 3.63) is 0 Å². The van der Waals surface area contributed by atoms with E-state index in [9.17, 15) is 14.4 Å². The molecule has 0 saturated heterocycles. The van der Waals surface area contributed by atoms with Gasteiger partial charge in [-0.2, -0.15) is 0 Å². The number of carbonyl (C=O) groups excluding carboxylic acids is 3. The number of hydrogen-bond donors (Lipinski definition) is 0. The molecule has 0 aromatic heterocycles. The van der Waals surface area contributed by atoms with Crippen LogP contribution in [0.15, 0.2) is 0 Å². The van der Waals surface area contributed by atoms with Gasteiger partial charge in [-0.05, 0) is 45.7 Å². The number of unbranched alkanes of at least 4 members (excludes halogenated alkanes) is 16. The highest BCUT2D eigenvalue weighted by atomic mass is 16.5. The van der Waals surface area contributed by atoms with Gasteiger partial charge in [0.05, 0.1) is 31.0 Å². The molecule has 0 spiro atoms. The average molecular weight is 709 g/mol. The van der Waals surface area contributed by atoms with Crippen LogP contribution in [0, 0.1) is 11.8 Å². The Kier molecular flexibility index (Phi) is 33.3. The zero-order valence-electron chi connectivity index (χ0n) is 34.4. The van der Waals surface area contributed by atoms with E-state index in [2.05, 4.69) is 46.4 Å². The maximum atomic E-state index is 13.7. The summed E-state index contributed by atoms with van der Waals surface area (Å²) in [5.74, 6) is -0.387. The van der Waals surface area contributed by atoms with Crippen LogP contribution >= 0.6 is 0 Å². The summed E-state index contributed by atoms with van der Waals surface area (Å²) in [6, 6.07) is -0.297. The number of likely N-dealkylation sites (N-methyl/N-ethyl adjacent to an activating group) is 1. The van der Waals surface area contributed by atoms with Crippen molar-refractivity contribution in [1.82, 2.24) is 9.80 Å². The van der Waals surface area contributed by atoms with Crippen LogP contribution in [0.4, 0.5) is 0 Å². The molecule has 50 heavy (non-hydrogen) atoms. The van der Waals surface area contributed by atoms with Gasteiger partial charge < -0.3 is 14.4 Å². The minimum Gasteiger partial charge on any atom is -0.464 e. The molecular weight excluding hydrogens is 624 g/mol. The standard InChI is InChI=1S/C43H84N2O5/c1-8-14-18-22-24-28-32-39(30-26-20-16-10-3)42(47)49-36-34-45(41(46)38(7)44(12-5)13-6)35-37-50-43(48)40(31-27-21-17-11-4)33-29-25-23-19-15-9-2/h38-40H,8-37H2,1-7H3. The van der Waals surface area contributed by atoms with E-state index in [-0.39, 0.29) is 48.9 Å². The SMILES string of the molecule is CCCCCCCCC(CCCCCC)C(=O)OCCN(CCOC(=O)C(CCCCCC)CCCCCCCC)C(=O)C(C)N(CC)CC. The first-order chi connectivity index (χ1) is 24.3. The van der Waals surface area contributed by atoms with Gasteiger partial charge in [0.1, 0.15) is 13.2 Å². The number of esters is 2. The van der Waals surface area contributed by atoms with Gasteiger partial charge in [-0.25, -0.2) is 0 Å². The van der Waals surface area contributed by atoms with Crippen molar-refractivity contribution in [3.8, 4) is 0 Å². The lowest BCUT2D eigenvalue weighted by Crippen LogP contribution is -2.49. The summed E-state index contributed by atoms with van der Waals surface area (Å²) in [4.78, 5) is 44.3. The molecule has 1 amide bonds. The van der Waals surface area contributed by atoms with Gasteiger partial charge >= 0.3 is 11.9 Å². The summed E-state index contributed by atoms with van der Waals surface area (Å²) in [5, 5.41) is 0. The maximum Gasteiger partial charge on any atom is 0.308 e. The summed E-state index contributed by atoms with van der Waals surface area (Å²) >= 11 is 0. The predicted octanol–water partition coefficient (Wildman–Crippen LogP) is 11.3. The molecule has 0 rings (SSSR count). The first kappa shape index (κ1) is 48.4. The number of amides is 1. The Bertz CT molecular complexity index is 752. The number of rotatable bonds is 36. The molecule has 0 aliphatic carbocycles. The number of hydrogen-bond acceptors (Lipinski definition) is 6. The molecule has 0 aliphatic heterocycles. The normalized spacial score (nSPS) is 13.3. The highest BCUT2D eigenvalue weighted by molar-refractivity contribution is 5.81. The minimum absolute atomic E-state index is 0.00723. The predicted molar refractivity (Wildman–Crippen MR) is 211 cm³/mol. The van der Waals surface area contributed by atoms with Gasteiger partial charge in [-0.3, -0.25) is 19.3 Å². The molecule has 3 unspecified atom stereocenters. The summed E-state index contributed by atoms with van der Waals surface area (Å²) < 4.78 is 11.8. The third-order valence-electron chi connectivity index (χ3n) is 10.5. The van der Waals surface area contributed by atoms with Crippen molar-refractivity contribution >= 4 is 17.8 Å². The fourth-order valence-corrected chi connectivity index (χ4v) is 7.01. The van der Waals surface area contributed by atoms with Crippen LogP contribution in [-0.4, -0.2) is 73.1 Å². The topological polar surface area (TPSA) is 76.1 Å². The summed E-state index contributed by atoms with van der Waals surface area (Å²) in [6.45, 7) is 17.5. The molecule has 0 aromatic carbocycles. The van der Waals surface area contributed by atoms with Crippen molar-refractivity contribution in [2.45, 2.75) is 209 Å². The minimum atomic E-state index is -0.297. The fraction of sp³-hybridized carbons (Fsp3) is 0.930. The molecule has 0 N–H and O–H groups in total. The van der Waals surface area contributed by atoms with Crippen molar-refractivity contribution in [3.63, 3.8) is 0 Å². The molecule has 7 nitrogen and oxygen atoms in total. The van der Waals surface area contributed by atoms with Crippen LogP contribution in [-0.2, 0) is 23.9 Å². The monoisotopic (exact) mass is 709 g/mol. The van der Waals surface area contributed by atoms with Crippen molar-refractivity contribution < 1.29 is 23.9 Å². The van der Waals surface area contributed by atoms with Gasteiger partial charge in [0, 0.05) is 0 Å². The zero-order valence-corrected chi connectivity index (χ0v) is 34.4. The van der Waals surface area contributed by atoms with Gasteiger partial charge in [0.25, 0.3) is 0 Å². The molecule has 296 valence electrons. The Labute approximate surface area is 310 Å². The van der Waals surface area contributed by atoms with Crippen LogP contribution in [0.5, 0.6) is 0 Å². The fourth-order valence-electron chi connectivity index (χ4n) is 7.01. The third-order valence-corrected chi connectivity index (χ3v) is 10.5. The van der Waals surface area contributed by atoms with Crippen molar-refractivity contribution in [1.29, 1.82) is 0 Å². The van der Waals surface area contributed by atoms with E-state index in [1.807, 2.05) is 6.92 Å². The molecule has 0 saturated carbocycles. The van der Waals surface area contributed by atoms with E-state index < -0.39 is 0 Å². The number of ether oxygens (including phenoxy) is 2. The molecule has 7 heteroatoms. The summed E-state index contributed by atoms with van der Waals surface area (Å²) in [7, 11) is 0. The lowest BCUT2D eigenvalue weighted by atomic mass is 9.94. The smallest absolute Gasteiger partial charge is 0.308 e. The molecule has 0 heterocycles. The third kappa shape index (κ3) is 24.5. The molecular formula is C43H84N2O5. The zero-order chi connectivity index (χ0) is 37.2. The molecule has 0 bridgehead atoms. The van der Waals surface area contributed by atoms with E-state index in [4.69, 9.17) is 9.47 Å². The number of nitrogens with zero attached hydrogens (tertiary/aromatic N) is 2. The van der Waals surface area contributed by atoms with Crippen LogP contribution < -0.4 is 0 Å². The first-order valence-corrected chi connectivity index (χ1v) is 21.7. The lowest BCUT2D eigenvalue weighted by molar-refractivity contribution is -0.153. The van der Waals surface area contributed by atoms with Crippen LogP contribution in [0.25, 0.3) is 0 Å².